The number of aryl methyl sites for hydroxylation is 1. The standard InChI is InChI=1S/C19H17FN2O4/c1-12(14-3-7-16(20)8-4-14)25-19(23)15-5-9-17(10-6-15)24-11-18-21-13(2)26-22-18/h3-10,12H,11H2,1-2H3. The number of hydrogen-bond donors (Lipinski definition) is 0. The van der Waals surface area contributed by atoms with Crippen molar-refractivity contribution in [3.05, 3.63) is 77.2 Å². The Morgan fingerprint density at radius 3 is 2.46 bits per heavy atom. The molecule has 3 rings (SSSR count). The van der Waals surface area contributed by atoms with E-state index in [1.807, 2.05) is 0 Å². The monoisotopic (exact) mass is 356 g/mol. The fourth-order valence-electron chi connectivity index (χ4n) is 2.27. The largest absolute Gasteiger partial charge is 0.485 e. The van der Waals surface area contributed by atoms with E-state index in [0.29, 0.717) is 23.0 Å². The molecule has 1 atom stereocenters. The van der Waals surface area contributed by atoms with Crippen LogP contribution in [0.3, 0.4) is 0 Å². The third-order valence-electron chi connectivity index (χ3n) is 3.65. The molecule has 0 bridgehead atoms. The van der Waals surface area contributed by atoms with Crippen LogP contribution in [0.25, 0.3) is 0 Å². The molecule has 0 amide bonds. The molecule has 0 N–H and O–H groups in total. The van der Waals surface area contributed by atoms with Crippen LogP contribution in [0.4, 0.5) is 4.39 Å². The second-order valence-corrected chi connectivity index (χ2v) is 5.64. The number of halogens is 1. The smallest absolute Gasteiger partial charge is 0.338 e. The summed E-state index contributed by atoms with van der Waals surface area (Å²) in [6.07, 6.45) is -0.486. The predicted molar refractivity (Wildman–Crippen MR) is 90.0 cm³/mol. The summed E-state index contributed by atoms with van der Waals surface area (Å²) in [5, 5.41) is 3.73. The lowest BCUT2D eigenvalue weighted by Gasteiger charge is -2.14. The fourth-order valence-corrected chi connectivity index (χ4v) is 2.27. The predicted octanol–water partition coefficient (Wildman–Crippen LogP) is 4.01. The number of rotatable bonds is 6. The van der Waals surface area contributed by atoms with Crippen molar-refractivity contribution in [1.82, 2.24) is 10.1 Å². The quantitative estimate of drug-likeness (QED) is 0.621. The van der Waals surface area contributed by atoms with Gasteiger partial charge in [0.05, 0.1) is 5.56 Å². The van der Waals surface area contributed by atoms with Gasteiger partial charge in [0.1, 0.15) is 17.7 Å². The highest BCUT2D eigenvalue weighted by Crippen LogP contribution is 2.20. The van der Waals surface area contributed by atoms with Gasteiger partial charge in [0.2, 0.25) is 11.7 Å². The lowest BCUT2D eigenvalue weighted by Crippen LogP contribution is -2.09. The maximum Gasteiger partial charge on any atom is 0.338 e. The zero-order valence-corrected chi connectivity index (χ0v) is 14.3. The maximum atomic E-state index is 13.0. The van der Waals surface area contributed by atoms with Crippen LogP contribution in [0.15, 0.2) is 53.1 Å². The molecule has 3 aromatic rings. The number of benzene rings is 2. The van der Waals surface area contributed by atoms with Crippen molar-refractivity contribution in [2.45, 2.75) is 26.6 Å². The van der Waals surface area contributed by atoms with Gasteiger partial charge in [0.25, 0.3) is 0 Å². The van der Waals surface area contributed by atoms with Crippen molar-refractivity contribution < 1.29 is 23.2 Å². The summed E-state index contributed by atoms with van der Waals surface area (Å²) >= 11 is 0. The third-order valence-corrected chi connectivity index (χ3v) is 3.65. The third kappa shape index (κ3) is 4.44. The first-order chi connectivity index (χ1) is 12.5. The van der Waals surface area contributed by atoms with Gasteiger partial charge in [-0.2, -0.15) is 4.98 Å². The zero-order valence-electron chi connectivity index (χ0n) is 14.3. The molecule has 7 heteroatoms. The van der Waals surface area contributed by atoms with Crippen molar-refractivity contribution >= 4 is 5.97 Å². The number of ether oxygens (including phenoxy) is 2. The van der Waals surface area contributed by atoms with Gasteiger partial charge in [-0.25, -0.2) is 9.18 Å². The second-order valence-electron chi connectivity index (χ2n) is 5.64. The molecule has 0 aliphatic rings. The first kappa shape index (κ1) is 17.6. The van der Waals surface area contributed by atoms with E-state index in [1.54, 1.807) is 50.2 Å². The van der Waals surface area contributed by atoms with E-state index in [9.17, 15) is 9.18 Å². The van der Waals surface area contributed by atoms with Crippen LogP contribution in [-0.2, 0) is 11.3 Å². The fraction of sp³-hybridized carbons (Fsp3) is 0.211. The van der Waals surface area contributed by atoms with Gasteiger partial charge in [0, 0.05) is 6.92 Å². The van der Waals surface area contributed by atoms with Crippen molar-refractivity contribution in [3.8, 4) is 5.75 Å². The Morgan fingerprint density at radius 1 is 1.15 bits per heavy atom. The lowest BCUT2D eigenvalue weighted by molar-refractivity contribution is 0.0338. The zero-order chi connectivity index (χ0) is 18.5. The average Bonchev–Trinajstić information content (AvgIpc) is 3.06. The molecule has 0 spiro atoms. The summed E-state index contributed by atoms with van der Waals surface area (Å²) in [4.78, 5) is 16.3. The van der Waals surface area contributed by atoms with Crippen LogP contribution in [-0.4, -0.2) is 16.1 Å². The van der Waals surface area contributed by atoms with Crippen LogP contribution in [0, 0.1) is 12.7 Å². The van der Waals surface area contributed by atoms with E-state index in [0.717, 1.165) is 5.56 Å². The lowest BCUT2D eigenvalue weighted by atomic mass is 10.1. The highest BCUT2D eigenvalue weighted by molar-refractivity contribution is 5.89. The van der Waals surface area contributed by atoms with E-state index in [1.165, 1.54) is 12.1 Å². The van der Waals surface area contributed by atoms with Crippen LogP contribution >= 0.6 is 0 Å². The summed E-state index contributed by atoms with van der Waals surface area (Å²) in [6, 6.07) is 12.4. The van der Waals surface area contributed by atoms with E-state index >= 15 is 0 Å². The van der Waals surface area contributed by atoms with Gasteiger partial charge in [-0.1, -0.05) is 17.3 Å². The summed E-state index contributed by atoms with van der Waals surface area (Å²) in [7, 11) is 0. The average molecular weight is 356 g/mol. The minimum atomic E-state index is -0.486. The molecule has 0 radical (unpaired) electrons. The van der Waals surface area contributed by atoms with Gasteiger partial charge in [-0.15, -0.1) is 0 Å². The number of carbonyl (C=O) groups is 1. The molecular formula is C19H17FN2O4. The molecular weight excluding hydrogens is 339 g/mol. The molecule has 0 fully saturated rings. The SMILES string of the molecule is Cc1nc(COc2ccc(C(=O)OC(C)c3ccc(F)cc3)cc2)no1. The molecule has 0 aliphatic carbocycles. The first-order valence-corrected chi connectivity index (χ1v) is 8.00. The Labute approximate surface area is 149 Å². The van der Waals surface area contributed by atoms with Crippen LogP contribution in [0.2, 0.25) is 0 Å². The summed E-state index contributed by atoms with van der Waals surface area (Å²) < 4.78 is 28.7. The highest BCUT2D eigenvalue weighted by atomic mass is 19.1. The molecule has 6 nitrogen and oxygen atoms in total. The summed E-state index contributed by atoms with van der Waals surface area (Å²) in [5.41, 5.74) is 1.11. The van der Waals surface area contributed by atoms with Crippen molar-refractivity contribution in [1.29, 1.82) is 0 Å². The van der Waals surface area contributed by atoms with Crippen LogP contribution < -0.4 is 4.74 Å². The Bertz CT molecular complexity index is 875. The van der Waals surface area contributed by atoms with Crippen molar-refractivity contribution in [3.63, 3.8) is 0 Å². The van der Waals surface area contributed by atoms with Gasteiger partial charge in [-0.05, 0) is 48.9 Å². The number of nitrogens with zero attached hydrogens (tertiary/aromatic N) is 2. The topological polar surface area (TPSA) is 74.5 Å². The molecule has 2 aromatic carbocycles. The van der Waals surface area contributed by atoms with Crippen LogP contribution in [0.5, 0.6) is 5.75 Å². The second kappa shape index (κ2) is 7.77. The summed E-state index contributed by atoms with van der Waals surface area (Å²) in [5.74, 6) is 0.674. The molecule has 1 unspecified atom stereocenters. The minimum Gasteiger partial charge on any atom is -0.485 e. The Morgan fingerprint density at radius 2 is 1.85 bits per heavy atom. The van der Waals surface area contributed by atoms with E-state index in [4.69, 9.17) is 14.0 Å². The number of aromatic nitrogens is 2. The van der Waals surface area contributed by atoms with Gasteiger partial charge < -0.3 is 14.0 Å². The maximum absolute atomic E-state index is 13.0. The number of hydrogen-bond acceptors (Lipinski definition) is 6. The normalized spacial score (nSPS) is 11.8. The molecule has 0 saturated heterocycles. The minimum absolute atomic E-state index is 0.169. The van der Waals surface area contributed by atoms with Gasteiger partial charge in [0.15, 0.2) is 6.61 Å². The van der Waals surface area contributed by atoms with E-state index in [2.05, 4.69) is 10.1 Å². The van der Waals surface area contributed by atoms with E-state index < -0.39 is 12.1 Å². The van der Waals surface area contributed by atoms with Gasteiger partial charge >= 0.3 is 5.97 Å². The molecule has 0 aliphatic heterocycles. The Balaban J connectivity index is 1.57. The molecule has 1 aromatic heterocycles. The van der Waals surface area contributed by atoms with E-state index in [-0.39, 0.29) is 12.4 Å². The molecule has 0 saturated carbocycles. The first-order valence-electron chi connectivity index (χ1n) is 8.00. The molecule has 1 heterocycles. The van der Waals surface area contributed by atoms with Crippen molar-refractivity contribution in [2.75, 3.05) is 0 Å². The Kier molecular flexibility index (Phi) is 5.26. The number of esters is 1. The van der Waals surface area contributed by atoms with Gasteiger partial charge in [-0.3, -0.25) is 0 Å². The Hall–Kier alpha value is -3.22. The highest BCUT2D eigenvalue weighted by Gasteiger charge is 2.14. The molecule has 26 heavy (non-hydrogen) atoms. The number of carbonyl (C=O) groups excluding carboxylic acids is 1. The summed E-state index contributed by atoms with van der Waals surface area (Å²) in [6.45, 7) is 3.60. The van der Waals surface area contributed by atoms with Crippen molar-refractivity contribution in [2.24, 2.45) is 0 Å². The van der Waals surface area contributed by atoms with Crippen LogP contribution in [0.1, 0.15) is 40.7 Å². The molecule has 134 valence electrons.